The lowest BCUT2D eigenvalue weighted by atomic mass is 10.0. The molecule has 4 nitrogen and oxygen atoms in total. The molecule has 0 aliphatic carbocycles. The summed E-state index contributed by atoms with van der Waals surface area (Å²) in [6, 6.07) is 5.06. The molecule has 0 radical (unpaired) electrons. The standard InChI is InChI=1S/C18H26FN3O.2ClH/c1-13-11-14(19)7-8-17(13)22-10-4-5-15(12-22)21-18(23)16-6-2-3-9-20-16;;/h7-8,11,15-16,20H,2-6,9-10,12H2,1H3,(H,21,23);2*1H/t15?,16-;;/m1../s1. The number of amides is 1. The zero-order valence-electron chi connectivity index (χ0n) is 14.6. The predicted molar refractivity (Wildman–Crippen MR) is 105 cm³/mol. The molecule has 0 spiro atoms. The van der Waals surface area contributed by atoms with Crippen molar-refractivity contribution in [2.45, 2.75) is 51.1 Å². The summed E-state index contributed by atoms with van der Waals surface area (Å²) in [5, 5.41) is 6.50. The van der Waals surface area contributed by atoms with Crippen LogP contribution in [0.25, 0.3) is 0 Å². The molecule has 2 aliphatic heterocycles. The number of carbonyl (C=O) groups excluding carboxylic acids is 1. The molecule has 2 heterocycles. The van der Waals surface area contributed by atoms with E-state index in [4.69, 9.17) is 0 Å². The number of anilines is 1. The lowest BCUT2D eigenvalue weighted by molar-refractivity contribution is -0.124. The first kappa shape index (κ1) is 22.0. The van der Waals surface area contributed by atoms with E-state index in [-0.39, 0.29) is 48.6 Å². The van der Waals surface area contributed by atoms with E-state index in [2.05, 4.69) is 15.5 Å². The average molecular weight is 392 g/mol. The van der Waals surface area contributed by atoms with Gasteiger partial charge in [0.25, 0.3) is 0 Å². The molecular formula is C18H28Cl2FN3O. The summed E-state index contributed by atoms with van der Waals surface area (Å²) < 4.78 is 13.3. The number of halogens is 3. The first-order valence-electron chi connectivity index (χ1n) is 8.68. The largest absolute Gasteiger partial charge is 0.369 e. The number of rotatable bonds is 3. The third-order valence-corrected chi connectivity index (χ3v) is 4.89. The van der Waals surface area contributed by atoms with Crippen LogP contribution in [0.2, 0.25) is 0 Å². The van der Waals surface area contributed by atoms with E-state index in [0.29, 0.717) is 0 Å². The number of hydrogen-bond acceptors (Lipinski definition) is 3. The minimum atomic E-state index is -0.198. The summed E-state index contributed by atoms with van der Waals surface area (Å²) >= 11 is 0. The molecule has 1 aromatic carbocycles. The van der Waals surface area contributed by atoms with Gasteiger partial charge in [-0.2, -0.15) is 0 Å². The van der Waals surface area contributed by atoms with Crippen molar-refractivity contribution in [1.29, 1.82) is 0 Å². The Bertz CT molecular complexity index is 567. The van der Waals surface area contributed by atoms with Crippen molar-refractivity contribution in [3.05, 3.63) is 29.6 Å². The lowest BCUT2D eigenvalue weighted by Crippen LogP contribution is -2.54. The topological polar surface area (TPSA) is 44.4 Å². The van der Waals surface area contributed by atoms with Gasteiger partial charge < -0.3 is 15.5 Å². The van der Waals surface area contributed by atoms with Crippen LogP contribution in [0.5, 0.6) is 0 Å². The molecule has 2 aliphatic rings. The highest BCUT2D eigenvalue weighted by atomic mass is 35.5. The fourth-order valence-electron chi connectivity index (χ4n) is 3.66. The van der Waals surface area contributed by atoms with Crippen LogP contribution >= 0.6 is 24.8 Å². The molecular weight excluding hydrogens is 364 g/mol. The van der Waals surface area contributed by atoms with Crippen LogP contribution in [-0.4, -0.2) is 37.6 Å². The average Bonchev–Trinajstić information content (AvgIpc) is 2.56. The second-order valence-corrected chi connectivity index (χ2v) is 6.73. The maximum atomic E-state index is 13.3. The molecule has 3 rings (SSSR count). The molecule has 0 saturated carbocycles. The maximum Gasteiger partial charge on any atom is 0.237 e. The Labute approximate surface area is 161 Å². The van der Waals surface area contributed by atoms with Crippen molar-refractivity contribution in [1.82, 2.24) is 10.6 Å². The number of nitrogens with one attached hydrogen (secondary N) is 2. The van der Waals surface area contributed by atoms with E-state index in [0.717, 1.165) is 63.0 Å². The first-order chi connectivity index (χ1) is 11.1. The first-order valence-corrected chi connectivity index (χ1v) is 8.68. The highest BCUT2D eigenvalue weighted by molar-refractivity contribution is 5.85. The molecule has 1 aromatic rings. The third kappa shape index (κ3) is 5.73. The molecule has 2 atom stereocenters. The Morgan fingerprint density at radius 1 is 1.24 bits per heavy atom. The number of piperidine rings is 2. The van der Waals surface area contributed by atoms with Gasteiger partial charge in [-0.3, -0.25) is 4.79 Å². The fourth-order valence-corrected chi connectivity index (χ4v) is 3.66. The fraction of sp³-hybridized carbons (Fsp3) is 0.611. The molecule has 2 fully saturated rings. The quantitative estimate of drug-likeness (QED) is 0.831. The molecule has 2 saturated heterocycles. The van der Waals surface area contributed by atoms with Crippen molar-refractivity contribution in [2.24, 2.45) is 0 Å². The zero-order valence-corrected chi connectivity index (χ0v) is 16.2. The van der Waals surface area contributed by atoms with Crippen molar-refractivity contribution < 1.29 is 9.18 Å². The van der Waals surface area contributed by atoms with Gasteiger partial charge in [-0.05, 0) is 62.9 Å². The van der Waals surface area contributed by atoms with E-state index in [1.165, 1.54) is 6.07 Å². The van der Waals surface area contributed by atoms with Crippen LogP contribution < -0.4 is 15.5 Å². The summed E-state index contributed by atoms with van der Waals surface area (Å²) in [5.41, 5.74) is 2.02. The molecule has 1 unspecified atom stereocenters. The Kier molecular flexibility index (Phi) is 8.97. The highest BCUT2D eigenvalue weighted by Crippen LogP contribution is 2.24. The second kappa shape index (κ2) is 10.2. The summed E-state index contributed by atoms with van der Waals surface area (Å²) in [5.74, 6) is -0.0659. The van der Waals surface area contributed by atoms with E-state index in [1.807, 2.05) is 13.0 Å². The van der Waals surface area contributed by atoms with Gasteiger partial charge >= 0.3 is 0 Å². The SMILES string of the molecule is Cc1cc(F)ccc1N1CCCC(NC(=O)[C@H]2CCCCN2)C1.Cl.Cl. The van der Waals surface area contributed by atoms with Crippen LogP contribution in [0.3, 0.4) is 0 Å². The molecule has 1 amide bonds. The van der Waals surface area contributed by atoms with Gasteiger partial charge in [-0.1, -0.05) is 6.42 Å². The number of aryl methyl sites for hydroxylation is 1. The summed E-state index contributed by atoms with van der Waals surface area (Å²) in [6.07, 6.45) is 5.26. The van der Waals surface area contributed by atoms with Crippen LogP contribution in [0.4, 0.5) is 10.1 Å². The number of hydrogen-bond donors (Lipinski definition) is 2. The Hall–Kier alpha value is -1.04. The summed E-state index contributed by atoms with van der Waals surface area (Å²) in [7, 11) is 0. The zero-order chi connectivity index (χ0) is 16.2. The van der Waals surface area contributed by atoms with Crippen LogP contribution in [0.1, 0.15) is 37.7 Å². The third-order valence-electron chi connectivity index (χ3n) is 4.89. The van der Waals surface area contributed by atoms with Gasteiger partial charge in [0.05, 0.1) is 6.04 Å². The number of carbonyl (C=O) groups is 1. The van der Waals surface area contributed by atoms with Crippen LogP contribution in [0.15, 0.2) is 18.2 Å². The molecule has 0 bridgehead atoms. The van der Waals surface area contributed by atoms with Crippen LogP contribution in [-0.2, 0) is 4.79 Å². The Morgan fingerprint density at radius 2 is 2.04 bits per heavy atom. The Morgan fingerprint density at radius 3 is 2.72 bits per heavy atom. The molecule has 2 N–H and O–H groups in total. The monoisotopic (exact) mass is 391 g/mol. The van der Waals surface area contributed by atoms with Gasteiger partial charge in [0, 0.05) is 24.8 Å². The lowest BCUT2D eigenvalue weighted by Gasteiger charge is -2.36. The molecule has 142 valence electrons. The van der Waals surface area contributed by atoms with E-state index >= 15 is 0 Å². The normalized spacial score (nSPS) is 23.2. The van der Waals surface area contributed by atoms with Gasteiger partial charge in [0.15, 0.2) is 0 Å². The van der Waals surface area contributed by atoms with Gasteiger partial charge in [-0.25, -0.2) is 4.39 Å². The van der Waals surface area contributed by atoms with E-state index < -0.39 is 0 Å². The molecule has 7 heteroatoms. The van der Waals surface area contributed by atoms with Crippen molar-refractivity contribution in [2.75, 3.05) is 24.5 Å². The van der Waals surface area contributed by atoms with Crippen molar-refractivity contribution >= 4 is 36.4 Å². The van der Waals surface area contributed by atoms with Crippen LogP contribution in [0, 0.1) is 12.7 Å². The van der Waals surface area contributed by atoms with Gasteiger partial charge in [0.2, 0.25) is 5.91 Å². The number of benzene rings is 1. The van der Waals surface area contributed by atoms with Crippen molar-refractivity contribution in [3.63, 3.8) is 0 Å². The predicted octanol–water partition coefficient (Wildman–Crippen LogP) is 3.20. The molecule has 25 heavy (non-hydrogen) atoms. The Balaban J connectivity index is 0.00000156. The van der Waals surface area contributed by atoms with Gasteiger partial charge in [0.1, 0.15) is 5.82 Å². The van der Waals surface area contributed by atoms with Crippen molar-refractivity contribution in [3.8, 4) is 0 Å². The maximum absolute atomic E-state index is 13.3. The smallest absolute Gasteiger partial charge is 0.237 e. The summed E-state index contributed by atoms with van der Waals surface area (Å²) in [4.78, 5) is 14.6. The second-order valence-electron chi connectivity index (χ2n) is 6.73. The minimum Gasteiger partial charge on any atom is -0.369 e. The number of nitrogens with zero attached hydrogens (tertiary/aromatic N) is 1. The molecule has 0 aromatic heterocycles. The summed E-state index contributed by atoms with van der Waals surface area (Å²) in [6.45, 7) is 4.63. The minimum absolute atomic E-state index is 0. The van der Waals surface area contributed by atoms with E-state index in [1.54, 1.807) is 6.07 Å². The van der Waals surface area contributed by atoms with E-state index in [9.17, 15) is 9.18 Å². The highest BCUT2D eigenvalue weighted by Gasteiger charge is 2.26. The van der Waals surface area contributed by atoms with Gasteiger partial charge in [-0.15, -0.1) is 24.8 Å².